The molecule has 0 bridgehead atoms. The van der Waals surface area contributed by atoms with Gasteiger partial charge in [-0.05, 0) is 5.92 Å². The molecule has 0 saturated carbocycles. The van der Waals surface area contributed by atoms with Gasteiger partial charge >= 0.3 is 0 Å². The number of hydrogen-bond donors (Lipinski definition) is 1. The first-order valence-electron chi connectivity index (χ1n) is 6.22. The third-order valence-electron chi connectivity index (χ3n) is 2.36. The first kappa shape index (κ1) is 14.6. The predicted octanol–water partition coefficient (Wildman–Crippen LogP) is 2.99. The van der Waals surface area contributed by atoms with Crippen LogP contribution in [-0.4, -0.2) is 18.1 Å². The van der Waals surface area contributed by atoms with E-state index in [2.05, 4.69) is 38.0 Å². The molecule has 1 N–H and O–H groups in total. The number of thiazole rings is 1. The van der Waals surface area contributed by atoms with Gasteiger partial charge in [0, 0.05) is 31.0 Å². The van der Waals surface area contributed by atoms with Crippen LogP contribution in [0.1, 0.15) is 43.3 Å². The first-order chi connectivity index (χ1) is 8.02. The van der Waals surface area contributed by atoms with E-state index in [0.29, 0.717) is 18.6 Å². The highest BCUT2D eigenvalue weighted by Crippen LogP contribution is 2.22. The molecule has 0 fully saturated rings. The van der Waals surface area contributed by atoms with Crippen LogP contribution in [-0.2, 0) is 24.3 Å². The van der Waals surface area contributed by atoms with Gasteiger partial charge in [0.2, 0.25) is 0 Å². The molecule has 1 rings (SSSR count). The molecule has 0 spiro atoms. The molecule has 1 aromatic rings. The average molecular weight is 256 g/mol. The van der Waals surface area contributed by atoms with Crippen molar-refractivity contribution in [3.63, 3.8) is 0 Å². The molecule has 1 heterocycles. The Bertz CT molecular complexity index is 334. The summed E-state index contributed by atoms with van der Waals surface area (Å²) in [5.74, 6) is 0.655. The van der Waals surface area contributed by atoms with Crippen LogP contribution < -0.4 is 5.32 Å². The fraction of sp³-hybridized carbons (Fsp3) is 0.769. The molecule has 0 unspecified atom stereocenters. The maximum atomic E-state index is 5.21. The summed E-state index contributed by atoms with van der Waals surface area (Å²) >= 11 is 1.82. The van der Waals surface area contributed by atoms with Gasteiger partial charge in [-0.25, -0.2) is 4.98 Å². The first-order valence-corrected chi connectivity index (χ1v) is 7.04. The monoisotopic (exact) mass is 256 g/mol. The van der Waals surface area contributed by atoms with Gasteiger partial charge in [-0.3, -0.25) is 0 Å². The summed E-state index contributed by atoms with van der Waals surface area (Å²) in [4.78, 5) is 5.99. The van der Waals surface area contributed by atoms with Gasteiger partial charge in [0.15, 0.2) is 0 Å². The summed E-state index contributed by atoms with van der Waals surface area (Å²) in [5, 5.41) is 4.67. The molecule has 0 aliphatic heterocycles. The Hall–Kier alpha value is -0.450. The van der Waals surface area contributed by atoms with E-state index in [9.17, 15) is 0 Å². The molecule has 0 aliphatic rings. The minimum atomic E-state index is 0.501. The third-order valence-corrected chi connectivity index (χ3v) is 3.48. The Labute approximate surface area is 109 Å². The summed E-state index contributed by atoms with van der Waals surface area (Å²) < 4.78 is 5.21. The Balaban J connectivity index is 2.73. The van der Waals surface area contributed by atoms with Gasteiger partial charge in [-0.15, -0.1) is 11.3 Å². The molecule has 1 aromatic heterocycles. The lowest BCUT2D eigenvalue weighted by molar-refractivity contribution is 0.181. The normalized spacial score (nSPS) is 11.7. The zero-order valence-electron chi connectivity index (χ0n) is 11.5. The van der Waals surface area contributed by atoms with Crippen molar-refractivity contribution < 1.29 is 4.74 Å². The number of ether oxygens (including phenoxy) is 1. The highest BCUT2D eigenvalue weighted by molar-refractivity contribution is 7.11. The van der Waals surface area contributed by atoms with E-state index in [4.69, 9.17) is 4.74 Å². The van der Waals surface area contributed by atoms with E-state index in [-0.39, 0.29) is 0 Å². The average Bonchev–Trinajstić information content (AvgIpc) is 2.57. The van der Waals surface area contributed by atoms with Gasteiger partial charge < -0.3 is 10.1 Å². The van der Waals surface area contributed by atoms with Gasteiger partial charge in [0.05, 0.1) is 17.3 Å². The number of nitrogens with one attached hydrogen (secondary N) is 1. The largest absolute Gasteiger partial charge is 0.378 e. The highest BCUT2D eigenvalue weighted by atomic mass is 32.1. The standard InChI is InChI=1S/C13H24N2OS/c1-9(2)6-13-15-11(8-16-5)12(17-13)7-14-10(3)4/h9-10,14H,6-8H2,1-5H3. The molecule has 4 heteroatoms. The predicted molar refractivity (Wildman–Crippen MR) is 73.3 cm³/mol. The maximum Gasteiger partial charge on any atom is 0.0935 e. The van der Waals surface area contributed by atoms with Crippen LogP contribution in [0.3, 0.4) is 0 Å². The van der Waals surface area contributed by atoms with E-state index < -0.39 is 0 Å². The lowest BCUT2D eigenvalue weighted by Crippen LogP contribution is -2.21. The molecular weight excluding hydrogens is 232 g/mol. The number of hydrogen-bond acceptors (Lipinski definition) is 4. The molecule has 0 atom stereocenters. The minimum absolute atomic E-state index is 0.501. The quantitative estimate of drug-likeness (QED) is 0.814. The molecule has 0 radical (unpaired) electrons. The number of aromatic nitrogens is 1. The second-order valence-electron chi connectivity index (χ2n) is 5.04. The zero-order valence-corrected chi connectivity index (χ0v) is 12.4. The van der Waals surface area contributed by atoms with Crippen molar-refractivity contribution in [2.75, 3.05) is 7.11 Å². The summed E-state index contributed by atoms with van der Waals surface area (Å²) in [5.41, 5.74) is 1.10. The van der Waals surface area contributed by atoms with E-state index in [1.165, 1.54) is 9.88 Å². The SMILES string of the molecule is COCc1nc(CC(C)C)sc1CNC(C)C. The Morgan fingerprint density at radius 3 is 2.53 bits per heavy atom. The maximum absolute atomic E-state index is 5.21. The van der Waals surface area contributed by atoms with Crippen molar-refractivity contribution in [3.05, 3.63) is 15.6 Å². The van der Waals surface area contributed by atoms with E-state index in [0.717, 1.165) is 18.7 Å². The van der Waals surface area contributed by atoms with Crippen LogP contribution in [0.15, 0.2) is 0 Å². The van der Waals surface area contributed by atoms with Crippen molar-refractivity contribution in [3.8, 4) is 0 Å². The molecule has 0 saturated heterocycles. The minimum Gasteiger partial charge on any atom is -0.378 e. The summed E-state index contributed by atoms with van der Waals surface area (Å²) in [6.07, 6.45) is 1.06. The van der Waals surface area contributed by atoms with Crippen LogP contribution in [0.5, 0.6) is 0 Å². The van der Waals surface area contributed by atoms with E-state index in [1.807, 2.05) is 11.3 Å². The Kier molecular flexibility index (Phi) is 6.09. The molecule has 0 amide bonds. The lowest BCUT2D eigenvalue weighted by Gasteiger charge is -2.07. The Morgan fingerprint density at radius 1 is 1.29 bits per heavy atom. The van der Waals surface area contributed by atoms with Crippen LogP contribution in [0.4, 0.5) is 0 Å². The van der Waals surface area contributed by atoms with Gasteiger partial charge in [-0.2, -0.15) is 0 Å². The summed E-state index contributed by atoms with van der Waals surface area (Å²) in [7, 11) is 1.72. The molecule has 0 aliphatic carbocycles. The molecule has 3 nitrogen and oxygen atoms in total. The zero-order chi connectivity index (χ0) is 12.8. The van der Waals surface area contributed by atoms with Crippen LogP contribution in [0.2, 0.25) is 0 Å². The number of methoxy groups -OCH3 is 1. The molecule has 98 valence electrons. The molecule has 0 aromatic carbocycles. The van der Waals surface area contributed by atoms with E-state index in [1.54, 1.807) is 7.11 Å². The second-order valence-corrected chi connectivity index (χ2v) is 6.21. The molecular formula is C13H24N2OS. The van der Waals surface area contributed by atoms with Crippen molar-refractivity contribution in [2.45, 2.75) is 53.3 Å². The van der Waals surface area contributed by atoms with E-state index >= 15 is 0 Å². The van der Waals surface area contributed by atoms with Gasteiger partial charge in [-0.1, -0.05) is 27.7 Å². The smallest absolute Gasteiger partial charge is 0.0935 e. The third kappa shape index (κ3) is 5.15. The van der Waals surface area contributed by atoms with Gasteiger partial charge in [0.1, 0.15) is 0 Å². The number of nitrogens with zero attached hydrogens (tertiary/aromatic N) is 1. The van der Waals surface area contributed by atoms with Gasteiger partial charge in [0.25, 0.3) is 0 Å². The van der Waals surface area contributed by atoms with Crippen LogP contribution in [0.25, 0.3) is 0 Å². The Morgan fingerprint density at radius 2 is 2.00 bits per heavy atom. The fourth-order valence-corrected chi connectivity index (χ4v) is 2.79. The lowest BCUT2D eigenvalue weighted by atomic mass is 10.1. The topological polar surface area (TPSA) is 34.1 Å². The fourth-order valence-electron chi connectivity index (χ4n) is 1.56. The van der Waals surface area contributed by atoms with Crippen molar-refractivity contribution >= 4 is 11.3 Å². The summed E-state index contributed by atoms with van der Waals surface area (Å²) in [6, 6.07) is 0.501. The van der Waals surface area contributed by atoms with Crippen LogP contribution >= 0.6 is 11.3 Å². The number of rotatable bonds is 7. The van der Waals surface area contributed by atoms with Crippen LogP contribution in [0, 0.1) is 5.92 Å². The second kappa shape index (κ2) is 7.09. The summed E-state index contributed by atoms with van der Waals surface area (Å²) in [6.45, 7) is 10.3. The van der Waals surface area contributed by atoms with Crippen molar-refractivity contribution in [2.24, 2.45) is 5.92 Å². The van der Waals surface area contributed by atoms with Crippen molar-refractivity contribution in [1.29, 1.82) is 0 Å². The molecule has 17 heavy (non-hydrogen) atoms. The highest BCUT2D eigenvalue weighted by Gasteiger charge is 2.12. The van der Waals surface area contributed by atoms with Crippen molar-refractivity contribution in [1.82, 2.24) is 10.3 Å².